The first kappa shape index (κ1) is 15.5. The van der Waals surface area contributed by atoms with Gasteiger partial charge in [0.25, 0.3) is 0 Å². The number of hydrogen-bond acceptors (Lipinski definition) is 4. The van der Waals surface area contributed by atoms with E-state index in [1.807, 2.05) is 0 Å². The van der Waals surface area contributed by atoms with Crippen LogP contribution in [0.25, 0.3) is 0 Å². The molecule has 0 aliphatic carbocycles. The molecule has 0 atom stereocenters. The first-order valence-electron chi connectivity index (χ1n) is 9.90. The zero-order valence-corrected chi connectivity index (χ0v) is 14.3. The maximum Gasteiger partial charge on any atom is 0.313 e. The highest BCUT2D eigenvalue weighted by Gasteiger charge is 2.49. The van der Waals surface area contributed by atoms with Gasteiger partial charge in [0.15, 0.2) is 0 Å². The summed E-state index contributed by atoms with van der Waals surface area (Å²) in [5, 5.41) is 0. The molecule has 0 aromatic rings. The molecule has 4 fully saturated rings. The predicted molar refractivity (Wildman–Crippen MR) is 94.7 cm³/mol. The second kappa shape index (κ2) is 7.25. The van der Waals surface area contributed by atoms with Crippen LogP contribution in [0, 0.1) is 0 Å². The Bertz CT molecular complexity index is 280. The molecule has 0 radical (unpaired) electrons. The second-order valence-electron chi connectivity index (χ2n) is 7.80. The fourth-order valence-electron chi connectivity index (χ4n) is 5.24. The predicted octanol–water partition coefficient (Wildman–Crippen LogP) is 1.42. The molecule has 0 bridgehead atoms. The van der Waals surface area contributed by atoms with E-state index in [1.54, 1.807) is 0 Å². The normalized spacial score (nSPS) is 28.9. The van der Waals surface area contributed by atoms with Crippen molar-refractivity contribution in [1.82, 2.24) is 19.2 Å². The molecule has 122 valence electrons. The standard InChI is InChI=1S/C16H32B2N4/c1-2-10-19(9-1)17(20-11-3-4-12-20)18(21-13-5-6-14-21)22-15-7-8-16-22/h1-16H2. The minimum Gasteiger partial charge on any atom is -0.332 e. The Morgan fingerprint density at radius 1 is 0.318 bits per heavy atom. The molecule has 0 aromatic heterocycles. The van der Waals surface area contributed by atoms with Crippen LogP contribution in [-0.2, 0) is 0 Å². The van der Waals surface area contributed by atoms with Crippen molar-refractivity contribution < 1.29 is 0 Å². The third-order valence-corrected chi connectivity index (χ3v) is 6.33. The van der Waals surface area contributed by atoms with E-state index in [1.165, 1.54) is 104 Å². The molecule has 0 saturated carbocycles. The smallest absolute Gasteiger partial charge is 0.313 e. The molecule has 0 unspecified atom stereocenters. The van der Waals surface area contributed by atoms with E-state index < -0.39 is 0 Å². The quantitative estimate of drug-likeness (QED) is 0.712. The van der Waals surface area contributed by atoms with Crippen LogP contribution < -0.4 is 0 Å². The summed E-state index contributed by atoms with van der Waals surface area (Å²) < 4.78 is 0. The topological polar surface area (TPSA) is 13.0 Å². The summed E-state index contributed by atoms with van der Waals surface area (Å²) in [6, 6.07) is 0. The van der Waals surface area contributed by atoms with Crippen LogP contribution in [0.15, 0.2) is 0 Å². The molecule has 4 saturated heterocycles. The van der Waals surface area contributed by atoms with E-state index in [0.717, 1.165) is 0 Å². The van der Waals surface area contributed by atoms with Crippen molar-refractivity contribution in [2.45, 2.75) is 51.4 Å². The Morgan fingerprint density at radius 2 is 0.500 bits per heavy atom. The molecular weight excluding hydrogens is 270 g/mol. The van der Waals surface area contributed by atoms with Crippen molar-refractivity contribution in [3.63, 3.8) is 0 Å². The highest BCUT2D eigenvalue weighted by molar-refractivity contribution is 7.17. The van der Waals surface area contributed by atoms with Crippen LogP contribution in [0.4, 0.5) is 0 Å². The van der Waals surface area contributed by atoms with E-state index >= 15 is 0 Å². The van der Waals surface area contributed by atoms with Crippen molar-refractivity contribution in [1.29, 1.82) is 0 Å². The van der Waals surface area contributed by atoms with Crippen molar-refractivity contribution in [3.05, 3.63) is 0 Å². The van der Waals surface area contributed by atoms with Gasteiger partial charge in [-0.3, -0.25) is 0 Å². The molecule has 0 N–H and O–H groups in total. The van der Waals surface area contributed by atoms with E-state index in [2.05, 4.69) is 19.2 Å². The van der Waals surface area contributed by atoms with E-state index in [4.69, 9.17) is 0 Å². The van der Waals surface area contributed by atoms with Gasteiger partial charge in [-0.05, 0) is 104 Å². The Kier molecular flexibility index (Phi) is 5.10. The highest BCUT2D eigenvalue weighted by atomic mass is 15.3. The third-order valence-electron chi connectivity index (χ3n) is 6.33. The largest absolute Gasteiger partial charge is 0.332 e. The van der Waals surface area contributed by atoms with Crippen molar-refractivity contribution in [2.75, 3.05) is 52.4 Å². The lowest BCUT2D eigenvalue weighted by atomic mass is 9.30. The number of rotatable bonds is 5. The van der Waals surface area contributed by atoms with Crippen LogP contribution in [0.5, 0.6) is 0 Å². The van der Waals surface area contributed by atoms with E-state index in [-0.39, 0.29) is 0 Å². The molecule has 0 amide bonds. The first-order chi connectivity index (χ1) is 10.9. The second-order valence-corrected chi connectivity index (χ2v) is 7.80. The number of hydrogen-bond donors (Lipinski definition) is 0. The maximum atomic E-state index is 2.84. The molecule has 0 aromatic carbocycles. The summed E-state index contributed by atoms with van der Waals surface area (Å²) in [5.41, 5.74) is 0. The molecule has 4 rings (SSSR count). The van der Waals surface area contributed by atoms with Crippen LogP contribution in [-0.4, -0.2) is 85.3 Å². The lowest BCUT2D eigenvalue weighted by Gasteiger charge is -2.42. The summed E-state index contributed by atoms with van der Waals surface area (Å²) in [6.07, 6.45) is 11.3. The molecule has 4 aliphatic rings. The van der Waals surface area contributed by atoms with Crippen LogP contribution in [0.3, 0.4) is 0 Å². The molecule has 4 heterocycles. The Labute approximate surface area is 137 Å². The molecule has 4 nitrogen and oxygen atoms in total. The van der Waals surface area contributed by atoms with Gasteiger partial charge in [0, 0.05) is 0 Å². The Balaban J connectivity index is 1.59. The number of nitrogens with zero attached hydrogens (tertiary/aromatic N) is 4. The fourth-order valence-corrected chi connectivity index (χ4v) is 5.24. The first-order valence-corrected chi connectivity index (χ1v) is 9.90. The molecule has 22 heavy (non-hydrogen) atoms. The van der Waals surface area contributed by atoms with Gasteiger partial charge in [0.05, 0.1) is 0 Å². The summed E-state index contributed by atoms with van der Waals surface area (Å²) in [6.45, 7) is 12.0. The highest BCUT2D eigenvalue weighted by Crippen LogP contribution is 2.25. The SMILES string of the molecule is C1CCN(B(B(N2CCCC2)N2CCCC2)N2CCCC2)C1. The van der Waals surface area contributed by atoms with Gasteiger partial charge in [-0.15, -0.1) is 0 Å². The monoisotopic (exact) mass is 302 g/mol. The maximum absolute atomic E-state index is 2.84. The minimum absolute atomic E-state index is 0.668. The summed E-state index contributed by atoms with van der Waals surface area (Å²) in [7, 11) is 0. The van der Waals surface area contributed by atoms with Crippen LogP contribution in [0.2, 0.25) is 0 Å². The summed E-state index contributed by atoms with van der Waals surface area (Å²) in [5.74, 6) is 0. The molecular formula is C16H32B2N4. The Morgan fingerprint density at radius 3 is 0.682 bits per heavy atom. The van der Waals surface area contributed by atoms with Gasteiger partial charge >= 0.3 is 13.7 Å². The Hall–Kier alpha value is -0.0301. The van der Waals surface area contributed by atoms with Crippen molar-refractivity contribution in [3.8, 4) is 0 Å². The average Bonchev–Trinajstić information content (AvgIpc) is 3.35. The molecule has 0 spiro atoms. The lowest BCUT2D eigenvalue weighted by Crippen LogP contribution is -2.71. The lowest BCUT2D eigenvalue weighted by molar-refractivity contribution is 0.398. The van der Waals surface area contributed by atoms with Crippen molar-refractivity contribution in [2.24, 2.45) is 0 Å². The van der Waals surface area contributed by atoms with E-state index in [0.29, 0.717) is 13.7 Å². The van der Waals surface area contributed by atoms with Gasteiger partial charge in [-0.25, -0.2) is 0 Å². The van der Waals surface area contributed by atoms with Gasteiger partial charge < -0.3 is 19.2 Å². The van der Waals surface area contributed by atoms with Crippen LogP contribution >= 0.6 is 0 Å². The summed E-state index contributed by atoms with van der Waals surface area (Å²) in [4.78, 5) is 11.4. The van der Waals surface area contributed by atoms with Gasteiger partial charge in [0.2, 0.25) is 0 Å². The molecule has 6 heteroatoms. The third kappa shape index (κ3) is 3.12. The van der Waals surface area contributed by atoms with Gasteiger partial charge in [-0.2, -0.15) is 0 Å². The zero-order chi connectivity index (χ0) is 14.8. The molecule has 4 aliphatic heterocycles. The fraction of sp³-hybridized carbons (Fsp3) is 1.00. The van der Waals surface area contributed by atoms with Gasteiger partial charge in [-0.1, -0.05) is 0 Å². The average molecular weight is 302 g/mol. The van der Waals surface area contributed by atoms with Gasteiger partial charge in [0.1, 0.15) is 0 Å². The summed E-state index contributed by atoms with van der Waals surface area (Å²) >= 11 is 0. The van der Waals surface area contributed by atoms with E-state index in [9.17, 15) is 0 Å². The minimum atomic E-state index is 0.668. The van der Waals surface area contributed by atoms with Crippen LogP contribution in [0.1, 0.15) is 51.4 Å². The van der Waals surface area contributed by atoms with Crippen molar-refractivity contribution >= 4 is 13.7 Å². The zero-order valence-electron chi connectivity index (χ0n) is 14.3.